The molecule has 2 atom stereocenters. The van der Waals surface area contributed by atoms with Gasteiger partial charge in [-0.2, -0.15) is 0 Å². The van der Waals surface area contributed by atoms with Crippen molar-refractivity contribution in [3.8, 4) is 11.5 Å². The van der Waals surface area contributed by atoms with Crippen LogP contribution in [-0.4, -0.2) is 4.21 Å². The number of para-hydroxylation sites is 1. The lowest BCUT2D eigenvalue weighted by molar-refractivity contribution is 0.275. The Balaban J connectivity index is 1.58. The van der Waals surface area contributed by atoms with E-state index in [2.05, 4.69) is 0 Å². The first-order valence-corrected chi connectivity index (χ1v) is 10.4. The summed E-state index contributed by atoms with van der Waals surface area (Å²) in [7, 11) is 0. The fourth-order valence-electron chi connectivity index (χ4n) is 2.94. The van der Waals surface area contributed by atoms with Crippen molar-refractivity contribution >= 4 is 11.1 Å². The molecule has 0 aliphatic heterocycles. The smallest absolute Gasteiger partial charge is 0.190 e. The standard InChI is InChI=1S/C25H20O3S/c26-29(24-14-8-3-9-15-24)28-25(20-10-4-1-5-11-20)21-16-18-23(19-17-21)27-22-12-6-2-7-13-22/h1-19,25H. The first-order chi connectivity index (χ1) is 14.3. The summed E-state index contributed by atoms with van der Waals surface area (Å²) >= 11 is -1.58. The molecule has 3 nitrogen and oxygen atoms in total. The highest BCUT2D eigenvalue weighted by Gasteiger charge is 2.19. The molecule has 0 saturated carbocycles. The topological polar surface area (TPSA) is 35.5 Å². The largest absolute Gasteiger partial charge is 0.457 e. The first-order valence-electron chi connectivity index (χ1n) is 9.31. The van der Waals surface area contributed by atoms with E-state index in [0.717, 1.165) is 22.6 Å². The summed E-state index contributed by atoms with van der Waals surface area (Å²) in [6, 6.07) is 36.3. The van der Waals surface area contributed by atoms with Crippen molar-refractivity contribution in [2.24, 2.45) is 0 Å². The third kappa shape index (κ3) is 4.99. The third-order valence-corrected chi connectivity index (χ3v) is 5.41. The van der Waals surface area contributed by atoms with E-state index in [1.807, 2.05) is 103 Å². The van der Waals surface area contributed by atoms with Gasteiger partial charge in [0.2, 0.25) is 0 Å². The van der Waals surface area contributed by atoms with E-state index < -0.39 is 17.2 Å². The first kappa shape index (κ1) is 19.1. The molecule has 0 aliphatic carbocycles. The van der Waals surface area contributed by atoms with Crippen LogP contribution in [0.4, 0.5) is 0 Å². The average Bonchev–Trinajstić information content (AvgIpc) is 2.80. The fourth-order valence-corrected chi connectivity index (χ4v) is 3.83. The summed E-state index contributed by atoms with van der Waals surface area (Å²) in [5.74, 6) is 1.51. The molecule has 144 valence electrons. The van der Waals surface area contributed by atoms with Gasteiger partial charge in [0.1, 0.15) is 17.6 Å². The molecule has 0 aliphatic rings. The van der Waals surface area contributed by atoms with Crippen LogP contribution < -0.4 is 4.74 Å². The van der Waals surface area contributed by atoms with Gasteiger partial charge in [-0.1, -0.05) is 78.9 Å². The number of hydrogen-bond donors (Lipinski definition) is 0. The quantitative estimate of drug-likeness (QED) is 0.365. The molecule has 29 heavy (non-hydrogen) atoms. The van der Waals surface area contributed by atoms with Crippen LogP contribution in [0.15, 0.2) is 120 Å². The average molecular weight is 400 g/mol. The minimum absolute atomic E-state index is 0.456. The molecule has 0 aromatic heterocycles. The Bertz CT molecular complexity index is 1050. The molecule has 0 N–H and O–H groups in total. The second-order valence-corrected chi connectivity index (χ2v) is 7.55. The van der Waals surface area contributed by atoms with Gasteiger partial charge in [-0.15, -0.1) is 0 Å². The van der Waals surface area contributed by atoms with Crippen LogP contribution in [0.3, 0.4) is 0 Å². The second kappa shape index (κ2) is 9.32. The number of hydrogen-bond acceptors (Lipinski definition) is 3. The Hall–Kier alpha value is -3.21. The molecule has 4 rings (SSSR count). The van der Waals surface area contributed by atoms with E-state index >= 15 is 0 Å². The van der Waals surface area contributed by atoms with E-state index in [1.54, 1.807) is 12.1 Å². The van der Waals surface area contributed by atoms with Crippen LogP contribution in [0.25, 0.3) is 0 Å². The predicted molar refractivity (Wildman–Crippen MR) is 115 cm³/mol. The van der Waals surface area contributed by atoms with Crippen molar-refractivity contribution in [2.45, 2.75) is 11.0 Å². The van der Waals surface area contributed by atoms with Crippen LogP contribution in [-0.2, 0) is 15.3 Å². The van der Waals surface area contributed by atoms with E-state index in [9.17, 15) is 4.21 Å². The summed E-state index contributed by atoms with van der Waals surface area (Å²) < 4.78 is 24.6. The molecular formula is C25H20O3S. The minimum Gasteiger partial charge on any atom is -0.457 e. The number of benzene rings is 4. The number of rotatable bonds is 7. The van der Waals surface area contributed by atoms with Crippen LogP contribution in [0.5, 0.6) is 11.5 Å². The predicted octanol–water partition coefficient (Wildman–Crippen LogP) is 6.31. The van der Waals surface area contributed by atoms with E-state index in [-0.39, 0.29) is 0 Å². The lowest BCUT2D eigenvalue weighted by Crippen LogP contribution is -2.09. The molecule has 0 heterocycles. The highest BCUT2D eigenvalue weighted by Crippen LogP contribution is 2.31. The van der Waals surface area contributed by atoms with Crippen molar-refractivity contribution in [3.05, 3.63) is 126 Å². The lowest BCUT2D eigenvalue weighted by atomic mass is 10.0. The lowest BCUT2D eigenvalue weighted by Gasteiger charge is -2.18. The molecule has 0 radical (unpaired) electrons. The highest BCUT2D eigenvalue weighted by atomic mass is 32.2. The van der Waals surface area contributed by atoms with Crippen molar-refractivity contribution in [1.29, 1.82) is 0 Å². The van der Waals surface area contributed by atoms with Gasteiger partial charge in [-0.05, 0) is 47.5 Å². The van der Waals surface area contributed by atoms with Crippen LogP contribution >= 0.6 is 0 Å². The van der Waals surface area contributed by atoms with Gasteiger partial charge in [0.15, 0.2) is 11.1 Å². The van der Waals surface area contributed by atoms with E-state index in [1.165, 1.54) is 0 Å². The van der Waals surface area contributed by atoms with Gasteiger partial charge in [0, 0.05) is 0 Å². The molecule has 2 unspecified atom stereocenters. The summed E-state index contributed by atoms with van der Waals surface area (Å²) in [5, 5.41) is 0. The van der Waals surface area contributed by atoms with Gasteiger partial charge in [-0.3, -0.25) is 4.18 Å². The minimum atomic E-state index is -1.58. The molecule has 0 saturated heterocycles. The summed E-state index contributed by atoms with van der Waals surface area (Å²) in [6.45, 7) is 0. The Labute approximate surface area is 173 Å². The monoisotopic (exact) mass is 400 g/mol. The van der Waals surface area contributed by atoms with Crippen LogP contribution in [0.2, 0.25) is 0 Å². The molecule has 0 amide bonds. The third-order valence-electron chi connectivity index (χ3n) is 4.38. The SMILES string of the molecule is O=S(OC(c1ccccc1)c1ccc(Oc2ccccc2)cc1)c1ccccc1. The van der Waals surface area contributed by atoms with E-state index in [0.29, 0.717) is 4.90 Å². The van der Waals surface area contributed by atoms with Crippen LogP contribution in [0, 0.1) is 0 Å². The molecule has 4 aromatic carbocycles. The molecule has 4 aromatic rings. The summed E-state index contributed by atoms with van der Waals surface area (Å²) in [6.07, 6.45) is -0.456. The normalized spacial score (nSPS) is 12.8. The van der Waals surface area contributed by atoms with Gasteiger partial charge in [0.05, 0.1) is 4.90 Å². The Morgan fingerprint density at radius 3 is 1.66 bits per heavy atom. The fraction of sp³-hybridized carbons (Fsp3) is 0.0400. The van der Waals surface area contributed by atoms with Crippen LogP contribution in [0.1, 0.15) is 17.2 Å². The van der Waals surface area contributed by atoms with E-state index in [4.69, 9.17) is 8.92 Å². The Morgan fingerprint density at radius 2 is 1.03 bits per heavy atom. The van der Waals surface area contributed by atoms with Gasteiger partial charge < -0.3 is 4.74 Å². The Morgan fingerprint density at radius 1 is 0.552 bits per heavy atom. The zero-order valence-electron chi connectivity index (χ0n) is 15.7. The molecule has 0 bridgehead atoms. The summed E-state index contributed by atoms with van der Waals surface area (Å²) in [5.41, 5.74) is 1.84. The van der Waals surface area contributed by atoms with Crippen molar-refractivity contribution in [3.63, 3.8) is 0 Å². The molecular weight excluding hydrogens is 380 g/mol. The maximum atomic E-state index is 12.8. The Kier molecular flexibility index (Phi) is 6.15. The summed E-state index contributed by atoms with van der Waals surface area (Å²) in [4.78, 5) is 0.637. The molecule has 0 spiro atoms. The van der Waals surface area contributed by atoms with Gasteiger partial charge in [0.25, 0.3) is 0 Å². The van der Waals surface area contributed by atoms with Gasteiger partial charge in [-0.25, -0.2) is 4.21 Å². The van der Waals surface area contributed by atoms with Crippen molar-refractivity contribution in [2.75, 3.05) is 0 Å². The molecule has 0 fully saturated rings. The highest BCUT2D eigenvalue weighted by molar-refractivity contribution is 7.80. The molecule has 4 heteroatoms. The van der Waals surface area contributed by atoms with Crippen molar-refractivity contribution in [1.82, 2.24) is 0 Å². The zero-order chi connectivity index (χ0) is 19.9. The number of ether oxygens (including phenoxy) is 1. The second-order valence-electron chi connectivity index (χ2n) is 6.42. The maximum Gasteiger partial charge on any atom is 0.190 e. The zero-order valence-corrected chi connectivity index (χ0v) is 16.5. The maximum absolute atomic E-state index is 12.8. The van der Waals surface area contributed by atoms with Gasteiger partial charge >= 0.3 is 0 Å². The van der Waals surface area contributed by atoms with Crippen molar-refractivity contribution < 1.29 is 13.1 Å².